The van der Waals surface area contributed by atoms with E-state index in [0.29, 0.717) is 18.2 Å². The lowest BCUT2D eigenvalue weighted by molar-refractivity contribution is -0.135. The molecule has 3 rings (SSSR count). The smallest absolute Gasteiger partial charge is 0.222 e. The van der Waals surface area contributed by atoms with Crippen LogP contribution in [0, 0.1) is 11.8 Å². The van der Waals surface area contributed by atoms with E-state index in [0.717, 1.165) is 64.8 Å². The predicted molar refractivity (Wildman–Crippen MR) is 84.7 cm³/mol. The number of carbonyl (C=O) groups is 1. The summed E-state index contributed by atoms with van der Waals surface area (Å²) in [5.74, 6) is 1.64. The van der Waals surface area contributed by atoms with Gasteiger partial charge in [0.15, 0.2) is 0 Å². The van der Waals surface area contributed by atoms with Gasteiger partial charge in [-0.25, -0.2) is 0 Å². The molecule has 3 fully saturated rings. The molecule has 0 radical (unpaired) electrons. The predicted octanol–water partition coefficient (Wildman–Crippen LogP) is 1.37. The fraction of sp³-hybridized carbons (Fsp3) is 0.941. The number of carbonyl (C=O) groups excluding carboxylic acids is 1. The third kappa shape index (κ3) is 4.93. The molecule has 22 heavy (non-hydrogen) atoms. The number of hydrogen-bond acceptors (Lipinski definition) is 4. The summed E-state index contributed by atoms with van der Waals surface area (Å²) in [6.07, 6.45) is 5.51. The van der Waals surface area contributed by atoms with Gasteiger partial charge in [-0.1, -0.05) is 0 Å². The maximum atomic E-state index is 12.6. The van der Waals surface area contributed by atoms with Crippen LogP contribution in [0.15, 0.2) is 0 Å². The van der Waals surface area contributed by atoms with E-state index in [2.05, 4.69) is 16.8 Å². The molecule has 0 spiro atoms. The van der Waals surface area contributed by atoms with Crippen molar-refractivity contribution in [2.75, 3.05) is 53.0 Å². The molecule has 0 N–H and O–H groups in total. The number of morpholine rings is 1. The fourth-order valence-corrected chi connectivity index (χ4v) is 3.41. The summed E-state index contributed by atoms with van der Waals surface area (Å²) in [6.45, 7) is 6.12. The van der Waals surface area contributed by atoms with Gasteiger partial charge in [-0.05, 0) is 44.6 Å². The molecule has 0 aromatic rings. The highest BCUT2D eigenvalue weighted by atomic mass is 16.5. The Morgan fingerprint density at radius 2 is 2.05 bits per heavy atom. The highest BCUT2D eigenvalue weighted by molar-refractivity contribution is 5.76. The van der Waals surface area contributed by atoms with Crippen molar-refractivity contribution in [2.24, 2.45) is 11.8 Å². The quantitative estimate of drug-likeness (QED) is 0.712. The van der Waals surface area contributed by atoms with Gasteiger partial charge in [0.05, 0.1) is 12.7 Å². The van der Waals surface area contributed by atoms with Crippen LogP contribution in [0.5, 0.6) is 0 Å². The highest BCUT2D eigenvalue weighted by Crippen LogP contribution is 2.30. The summed E-state index contributed by atoms with van der Waals surface area (Å²) in [5.41, 5.74) is 0. The summed E-state index contributed by atoms with van der Waals surface area (Å²) < 4.78 is 11.3. The van der Waals surface area contributed by atoms with Crippen LogP contribution in [-0.4, -0.2) is 74.9 Å². The molecular formula is C17H30N2O3. The largest absolute Gasteiger partial charge is 0.381 e. The van der Waals surface area contributed by atoms with Crippen LogP contribution in [0.1, 0.15) is 32.1 Å². The third-order valence-electron chi connectivity index (χ3n) is 5.08. The summed E-state index contributed by atoms with van der Waals surface area (Å²) in [5, 5.41) is 0. The molecule has 3 aliphatic rings. The Hall–Kier alpha value is -0.650. The van der Waals surface area contributed by atoms with Gasteiger partial charge in [0.25, 0.3) is 0 Å². The molecule has 2 unspecified atom stereocenters. The van der Waals surface area contributed by atoms with Crippen LogP contribution in [-0.2, 0) is 14.3 Å². The van der Waals surface area contributed by atoms with E-state index in [4.69, 9.17) is 9.47 Å². The highest BCUT2D eigenvalue weighted by Gasteiger charge is 2.30. The van der Waals surface area contributed by atoms with Gasteiger partial charge in [-0.15, -0.1) is 0 Å². The Labute approximate surface area is 133 Å². The first-order valence-corrected chi connectivity index (χ1v) is 8.86. The molecule has 126 valence electrons. The van der Waals surface area contributed by atoms with E-state index < -0.39 is 0 Å². The summed E-state index contributed by atoms with van der Waals surface area (Å²) in [4.78, 5) is 17.0. The summed E-state index contributed by atoms with van der Waals surface area (Å²) >= 11 is 0. The molecule has 0 bridgehead atoms. The molecule has 5 nitrogen and oxygen atoms in total. The van der Waals surface area contributed by atoms with Gasteiger partial charge in [0.1, 0.15) is 0 Å². The Morgan fingerprint density at radius 3 is 2.73 bits per heavy atom. The third-order valence-corrected chi connectivity index (χ3v) is 5.08. The van der Waals surface area contributed by atoms with Gasteiger partial charge in [-0.3, -0.25) is 4.79 Å². The number of ether oxygens (including phenoxy) is 2. The van der Waals surface area contributed by atoms with Gasteiger partial charge in [0, 0.05) is 45.8 Å². The van der Waals surface area contributed by atoms with Crippen LogP contribution in [0.2, 0.25) is 0 Å². The SMILES string of the molecule is CN1CCOC(CN(CC2CC2)C(=O)CCC2CCOC2)C1. The average Bonchev–Trinajstić information content (AvgIpc) is 3.16. The molecule has 2 atom stereocenters. The molecule has 0 aromatic carbocycles. The van der Waals surface area contributed by atoms with Gasteiger partial charge >= 0.3 is 0 Å². The van der Waals surface area contributed by atoms with Crippen molar-refractivity contribution in [1.29, 1.82) is 0 Å². The Balaban J connectivity index is 1.47. The fourth-order valence-electron chi connectivity index (χ4n) is 3.41. The first kappa shape index (κ1) is 16.2. The minimum absolute atomic E-state index is 0.177. The lowest BCUT2D eigenvalue weighted by atomic mass is 10.0. The normalized spacial score (nSPS) is 29.7. The number of hydrogen-bond donors (Lipinski definition) is 0. The molecular weight excluding hydrogens is 280 g/mol. The molecule has 5 heteroatoms. The van der Waals surface area contributed by atoms with E-state index in [9.17, 15) is 4.79 Å². The first-order valence-electron chi connectivity index (χ1n) is 8.86. The van der Waals surface area contributed by atoms with Crippen LogP contribution in [0.4, 0.5) is 0 Å². The number of nitrogens with zero attached hydrogens (tertiary/aromatic N) is 2. The van der Waals surface area contributed by atoms with E-state index in [1.54, 1.807) is 0 Å². The zero-order valence-electron chi connectivity index (χ0n) is 13.8. The molecule has 0 aromatic heterocycles. The Morgan fingerprint density at radius 1 is 1.18 bits per heavy atom. The second-order valence-corrected chi connectivity index (χ2v) is 7.27. The topological polar surface area (TPSA) is 42.0 Å². The molecule has 2 aliphatic heterocycles. The maximum absolute atomic E-state index is 12.6. The number of amides is 1. The van der Waals surface area contributed by atoms with Gasteiger partial charge < -0.3 is 19.3 Å². The Kier molecular flexibility index (Phi) is 5.71. The second kappa shape index (κ2) is 7.75. The monoisotopic (exact) mass is 310 g/mol. The standard InChI is InChI=1S/C17H30N2O3/c1-18-7-9-22-16(11-18)12-19(10-14-2-3-14)17(20)5-4-15-6-8-21-13-15/h14-16H,2-13H2,1H3. The van der Waals surface area contributed by atoms with Crippen molar-refractivity contribution in [2.45, 2.75) is 38.2 Å². The van der Waals surface area contributed by atoms with Crippen LogP contribution in [0.25, 0.3) is 0 Å². The molecule has 1 saturated carbocycles. The van der Waals surface area contributed by atoms with Crippen molar-refractivity contribution in [1.82, 2.24) is 9.80 Å². The van der Waals surface area contributed by atoms with Gasteiger partial charge in [-0.2, -0.15) is 0 Å². The number of likely N-dealkylation sites (N-methyl/N-ethyl adjacent to an activating group) is 1. The summed E-state index contributed by atoms with van der Waals surface area (Å²) in [6, 6.07) is 0. The van der Waals surface area contributed by atoms with Crippen LogP contribution >= 0.6 is 0 Å². The molecule has 2 heterocycles. The Bertz CT molecular complexity index is 367. The van der Waals surface area contributed by atoms with E-state index in [1.165, 1.54) is 12.8 Å². The molecule has 2 saturated heterocycles. The zero-order chi connectivity index (χ0) is 15.4. The van der Waals surface area contributed by atoms with Crippen LogP contribution < -0.4 is 0 Å². The van der Waals surface area contributed by atoms with E-state index in [-0.39, 0.29) is 6.10 Å². The summed E-state index contributed by atoms with van der Waals surface area (Å²) in [7, 11) is 2.13. The van der Waals surface area contributed by atoms with Crippen molar-refractivity contribution in [3.8, 4) is 0 Å². The molecule has 1 amide bonds. The molecule has 1 aliphatic carbocycles. The second-order valence-electron chi connectivity index (χ2n) is 7.27. The van der Waals surface area contributed by atoms with Crippen molar-refractivity contribution in [3.63, 3.8) is 0 Å². The average molecular weight is 310 g/mol. The zero-order valence-corrected chi connectivity index (χ0v) is 13.8. The lowest BCUT2D eigenvalue weighted by Crippen LogP contribution is -2.48. The minimum atomic E-state index is 0.177. The van der Waals surface area contributed by atoms with E-state index in [1.807, 2.05) is 0 Å². The van der Waals surface area contributed by atoms with Gasteiger partial charge in [0.2, 0.25) is 5.91 Å². The van der Waals surface area contributed by atoms with E-state index >= 15 is 0 Å². The van der Waals surface area contributed by atoms with Crippen molar-refractivity contribution >= 4 is 5.91 Å². The van der Waals surface area contributed by atoms with Crippen molar-refractivity contribution in [3.05, 3.63) is 0 Å². The van der Waals surface area contributed by atoms with Crippen LogP contribution in [0.3, 0.4) is 0 Å². The number of rotatable bonds is 7. The van der Waals surface area contributed by atoms with Crippen molar-refractivity contribution < 1.29 is 14.3 Å². The first-order chi connectivity index (χ1) is 10.7. The minimum Gasteiger partial charge on any atom is -0.381 e. The maximum Gasteiger partial charge on any atom is 0.222 e. The lowest BCUT2D eigenvalue weighted by Gasteiger charge is -2.34.